The molecule has 0 spiro atoms. The van der Waals surface area contributed by atoms with Gasteiger partial charge in [0.1, 0.15) is 0 Å². The number of aliphatic hydroxyl groups is 1. The van der Waals surface area contributed by atoms with Crippen LogP contribution in [0.5, 0.6) is 0 Å². The molecule has 17 heavy (non-hydrogen) atoms. The second kappa shape index (κ2) is 8.51. The summed E-state index contributed by atoms with van der Waals surface area (Å²) in [4.78, 5) is 11.7. The van der Waals surface area contributed by atoms with Crippen LogP contribution in [-0.2, 0) is 4.79 Å². The summed E-state index contributed by atoms with van der Waals surface area (Å²) < 4.78 is 0. The maximum Gasteiger partial charge on any atom is 0.220 e. The first-order chi connectivity index (χ1) is 8.26. The fraction of sp³-hybridized carbons (Fsp3) is 0.929. The summed E-state index contributed by atoms with van der Waals surface area (Å²) in [6, 6.07) is 0. The Hall–Kier alpha value is -0.570. The lowest BCUT2D eigenvalue weighted by molar-refractivity contribution is -0.121. The van der Waals surface area contributed by atoms with Gasteiger partial charge in [-0.1, -0.05) is 39.0 Å². The van der Waals surface area contributed by atoms with Gasteiger partial charge in [0, 0.05) is 19.6 Å². The van der Waals surface area contributed by atoms with Crippen molar-refractivity contribution in [2.24, 2.45) is 11.8 Å². The van der Waals surface area contributed by atoms with Gasteiger partial charge >= 0.3 is 0 Å². The quantitative estimate of drug-likeness (QED) is 0.686. The van der Waals surface area contributed by atoms with Crippen molar-refractivity contribution in [2.45, 2.75) is 58.3 Å². The van der Waals surface area contributed by atoms with Crippen molar-refractivity contribution in [2.75, 3.05) is 13.2 Å². The molecule has 0 saturated heterocycles. The molecule has 0 aromatic rings. The Bertz CT molecular complexity index is 212. The smallest absolute Gasteiger partial charge is 0.220 e. The molecule has 0 aromatic carbocycles. The third-order valence-corrected chi connectivity index (χ3v) is 3.96. The first-order valence-electron chi connectivity index (χ1n) is 7.13. The van der Waals surface area contributed by atoms with Crippen LogP contribution in [0.4, 0.5) is 0 Å². The van der Waals surface area contributed by atoms with E-state index in [0.29, 0.717) is 12.3 Å². The largest absolute Gasteiger partial charge is 0.396 e. The Morgan fingerprint density at radius 1 is 1.41 bits per heavy atom. The maximum atomic E-state index is 11.7. The van der Waals surface area contributed by atoms with Crippen LogP contribution in [0.25, 0.3) is 0 Å². The monoisotopic (exact) mass is 241 g/mol. The number of carbonyl (C=O) groups is 1. The number of amides is 1. The van der Waals surface area contributed by atoms with Crippen LogP contribution in [0, 0.1) is 11.8 Å². The Kier molecular flexibility index (Phi) is 7.25. The zero-order valence-corrected chi connectivity index (χ0v) is 11.1. The lowest BCUT2D eigenvalue weighted by Gasteiger charge is -2.15. The first kappa shape index (κ1) is 14.5. The molecule has 1 aliphatic rings. The normalized spacial score (nSPS) is 18.2. The van der Waals surface area contributed by atoms with Crippen molar-refractivity contribution < 1.29 is 9.90 Å². The molecule has 3 heteroatoms. The second-order valence-electron chi connectivity index (χ2n) is 5.28. The van der Waals surface area contributed by atoms with Crippen molar-refractivity contribution >= 4 is 5.91 Å². The minimum atomic E-state index is 0.188. The second-order valence-corrected chi connectivity index (χ2v) is 5.28. The topological polar surface area (TPSA) is 49.3 Å². The van der Waals surface area contributed by atoms with Gasteiger partial charge in [-0.15, -0.1) is 0 Å². The number of nitrogens with one attached hydrogen (secondary N) is 1. The molecule has 1 fully saturated rings. The summed E-state index contributed by atoms with van der Waals surface area (Å²) in [6.45, 7) is 3.04. The van der Waals surface area contributed by atoms with Crippen LogP contribution in [0.2, 0.25) is 0 Å². The molecule has 1 amide bonds. The van der Waals surface area contributed by atoms with E-state index in [1.54, 1.807) is 0 Å². The minimum Gasteiger partial charge on any atom is -0.396 e. The Morgan fingerprint density at radius 3 is 2.71 bits per heavy atom. The molecule has 0 aromatic heterocycles. The molecule has 2 N–H and O–H groups in total. The molecular weight excluding hydrogens is 214 g/mol. The molecule has 100 valence electrons. The summed E-state index contributed by atoms with van der Waals surface area (Å²) in [5.41, 5.74) is 0. The van der Waals surface area contributed by atoms with E-state index in [9.17, 15) is 4.79 Å². The predicted molar refractivity (Wildman–Crippen MR) is 69.7 cm³/mol. The maximum absolute atomic E-state index is 11.7. The highest BCUT2D eigenvalue weighted by Crippen LogP contribution is 2.28. The van der Waals surface area contributed by atoms with Gasteiger partial charge < -0.3 is 10.4 Å². The van der Waals surface area contributed by atoms with Crippen molar-refractivity contribution in [3.8, 4) is 0 Å². The van der Waals surface area contributed by atoms with E-state index in [4.69, 9.17) is 5.11 Å². The number of carbonyl (C=O) groups excluding carboxylic acids is 1. The molecule has 1 aliphatic carbocycles. The predicted octanol–water partition coefficient (Wildman–Crippen LogP) is 2.48. The number of hydrogen-bond acceptors (Lipinski definition) is 2. The van der Waals surface area contributed by atoms with Gasteiger partial charge in [-0.05, 0) is 24.7 Å². The van der Waals surface area contributed by atoms with E-state index in [2.05, 4.69) is 12.2 Å². The van der Waals surface area contributed by atoms with Crippen LogP contribution >= 0.6 is 0 Å². The lowest BCUT2D eigenvalue weighted by Crippen LogP contribution is -2.29. The average molecular weight is 241 g/mol. The third kappa shape index (κ3) is 6.06. The zero-order chi connectivity index (χ0) is 12.5. The number of hydrogen-bond donors (Lipinski definition) is 2. The SMILES string of the molecule is CCC(CCO)CNC(=O)CCC1CCCC1. The van der Waals surface area contributed by atoms with E-state index >= 15 is 0 Å². The van der Waals surface area contributed by atoms with E-state index in [-0.39, 0.29) is 12.5 Å². The third-order valence-electron chi connectivity index (χ3n) is 3.96. The molecular formula is C14H27NO2. The van der Waals surface area contributed by atoms with E-state index in [0.717, 1.165) is 31.7 Å². The molecule has 0 aliphatic heterocycles. The highest BCUT2D eigenvalue weighted by molar-refractivity contribution is 5.75. The van der Waals surface area contributed by atoms with Gasteiger partial charge in [0.15, 0.2) is 0 Å². The van der Waals surface area contributed by atoms with Crippen LogP contribution in [-0.4, -0.2) is 24.2 Å². The Labute approximate surface area is 105 Å². The fourth-order valence-electron chi connectivity index (χ4n) is 2.61. The molecule has 1 atom stereocenters. The highest BCUT2D eigenvalue weighted by atomic mass is 16.3. The first-order valence-corrected chi connectivity index (χ1v) is 7.13. The molecule has 1 saturated carbocycles. The summed E-state index contributed by atoms with van der Waals surface area (Å²) >= 11 is 0. The van der Waals surface area contributed by atoms with E-state index in [1.807, 2.05) is 0 Å². The van der Waals surface area contributed by atoms with Crippen molar-refractivity contribution in [3.05, 3.63) is 0 Å². The van der Waals surface area contributed by atoms with Crippen LogP contribution in [0.1, 0.15) is 58.3 Å². The van der Waals surface area contributed by atoms with Gasteiger partial charge in [0.25, 0.3) is 0 Å². The Morgan fingerprint density at radius 2 is 2.12 bits per heavy atom. The van der Waals surface area contributed by atoms with Crippen molar-refractivity contribution in [1.29, 1.82) is 0 Å². The van der Waals surface area contributed by atoms with Gasteiger partial charge in [-0.3, -0.25) is 4.79 Å². The number of aliphatic hydroxyl groups excluding tert-OH is 1. The molecule has 1 rings (SSSR count). The molecule has 0 heterocycles. The molecule has 0 radical (unpaired) electrons. The van der Waals surface area contributed by atoms with Gasteiger partial charge in [-0.2, -0.15) is 0 Å². The molecule has 1 unspecified atom stereocenters. The standard InChI is InChI=1S/C14H27NO2/c1-2-12(9-10-16)11-15-14(17)8-7-13-5-3-4-6-13/h12-13,16H,2-11H2,1H3,(H,15,17). The molecule has 3 nitrogen and oxygen atoms in total. The zero-order valence-electron chi connectivity index (χ0n) is 11.1. The number of rotatable bonds is 8. The summed E-state index contributed by atoms with van der Waals surface area (Å²) in [5, 5.41) is 11.9. The van der Waals surface area contributed by atoms with Crippen LogP contribution in [0.3, 0.4) is 0 Å². The van der Waals surface area contributed by atoms with Crippen LogP contribution in [0.15, 0.2) is 0 Å². The summed E-state index contributed by atoms with van der Waals surface area (Å²) in [5.74, 6) is 1.41. The fourth-order valence-corrected chi connectivity index (χ4v) is 2.61. The highest BCUT2D eigenvalue weighted by Gasteiger charge is 2.16. The van der Waals surface area contributed by atoms with Gasteiger partial charge in [0.2, 0.25) is 5.91 Å². The lowest BCUT2D eigenvalue weighted by atomic mass is 10.0. The van der Waals surface area contributed by atoms with Crippen molar-refractivity contribution in [1.82, 2.24) is 5.32 Å². The van der Waals surface area contributed by atoms with Crippen LogP contribution < -0.4 is 5.32 Å². The van der Waals surface area contributed by atoms with E-state index < -0.39 is 0 Å². The Balaban J connectivity index is 2.07. The summed E-state index contributed by atoms with van der Waals surface area (Å²) in [7, 11) is 0. The minimum absolute atomic E-state index is 0.188. The molecule has 0 bridgehead atoms. The summed E-state index contributed by atoms with van der Waals surface area (Å²) in [6.07, 6.45) is 8.87. The van der Waals surface area contributed by atoms with Gasteiger partial charge in [-0.25, -0.2) is 0 Å². The average Bonchev–Trinajstić information content (AvgIpc) is 2.85. The van der Waals surface area contributed by atoms with E-state index in [1.165, 1.54) is 25.7 Å². The van der Waals surface area contributed by atoms with Gasteiger partial charge in [0.05, 0.1) is 0 Å². The van der Waals surface area contributed by atoms with Crippen molar-refractivity contribution in [3.63, 3.8) is 0 Å².